The highest BCUT2D eigenvalue weighted by molar-refractivity contribution is 7.09. The third-order valence-electron chi connectivity index (χ3n) is 3.50. The number of nitrogens with one attached hydrogen (secondary N) is 2. The van der Waals surface area contributed by atoms with Gasteiger partial charge in [-0.05, 0) is 19.1 Å². The van der Waals surface area contributed by atoms with Crippen molar-refractivity contribution in [1.29, 1.82) is 0 Å². The highest BCUT2D eigenvalue weighted by atomic mass is 32.1. The van der Waals surface area contributed by atoms with Gasteiger partial charge in [0.15, 0.2) is 5.96 Å². The molecule has 0 saturated carbocycles. The Kier molecular flexibility index (Phi) is 6.87. The Balaban J connectivity index is 1.67. The second-order valence-corrected chi connectivity index (χ2v) is 6.35. The lowest BCUT2D eigenvalue weighted by Gasteiger charge is -2.20. The van der Waals surface area contributed by atoms with E-state index in [-0.39, 0.29) is 0 Å². The molecular formula is C17H25N5S. The zero-order valence-corrected chi connectivity index (χ0v) is 14.9. The number of hydrogen-bond acceptors (Lipinski definition) is 4. The van der Waals surface area contributed by atoms with Crippen LogP contribution < -0.4 is 15.5 Å². The van der Waals surface area contributed by atoms with Crippen LogP contribution in [0.2, 0.25) is 0 Å². The lowest BCUT2D eigenvalue weighted by molar-refractivity contribution is 0.766. The van der Waals surface area contributed by atoms with Crippen LogP contribution >= 0.6 is 11.3 Å². The monoisotopic (exact) mass is 331 g/mol. The van der Waals surface area contributed by atoms with Crippen molar-refractivity contribution >= 4 is 23.0 Å². The summed E-state index contributed by atoms with van der Waals surface area (Å²) in [6, 6.07) is 10.4. The molecular weight excluding hydrogens is 306 g/mol. The number of likely N-dealkylation sites (N-methyl/N-ethyl adjacent to an activating group) is 1. The molecule has 5 nitrogen and oxygen atoms in total. The van der Waals surface area contributed by atoms with Crippen molar-refractivity contribution < 1.29 is 0 Å². The Bertz CT molecular complexity index is 608. The predicted octanol–water partition coefficient (Wildman–Crippen LogP) is 2.30. The average Bonchev–Trinajstić information content (AvgIpc) is 2.99. The maximum Gasteiger partial charge on any atom is 0.191 e. The summed E-state index contributed by atoms with van der Waals surface area (Å²) in [5.74, 6) is 0.832. The molecule has 0 aliphatic rings. The van der Waals surface area contributed by atoms with E-state index in [1.807, 2.05) is 13.0 Å². The van der Waals surface area contributed by atoms with Gasteiger partial charge in [0.2, 0.25) is 0 Å². The molecule has 124 valence electrons. The summed E-state index contributed by atoms with van der Waals surface area (Å²) in [5.41, 5.74) is 2.36. The fraction of sp³-hybridized carbons (Fsp3) is 0.412. The second kappa shape index (κ2) is 9.15. The maximum atomic E-state index is 4.46. The quantitative estimate of drug-likeness (QED) is 0.604. The third kappa shape index (κ3) is 5.90. The standard InChI is InChI=1S/C17H25N5S/c1-14-21-15(13-23-14)9-10-19-17(18-2)20-11-12-22(3)16-7-5-4-6-8-16/h4-8,13H,9-12H2,1-3H3,(H2,18,19,20). The molecule has 1 aromatic heterocycles. The van der Waals surface area contributed by atoms with Crippen LogP contribution in [-0.2, 0) is 6.42 Å². The molecule has 0 spiro atoms. The Hall–Kier alpha value is -2.08. The molecule has 0 fully saturated rings. The van der Waals surface area contributed by atoms with Gasteiger partial charge in [-0.3, -0.25) is 4.99 Å². The highest BCUT2D eigenvalue weighted by Crippen LogP contribution is 2.09. The zero-order valence-electron chi connectivity index (χ0n) is 14.0. The number of aromatic nitrogens is 1. The van der Waals surface area contributed by atoms with Gasteiger partial charge in [-0.15, -0.1) is 11.3 Å². The first kappa shape index (κ1) is 17.3. The van der Waals surface area contributed by atoms with E-state index in [1.54, 1.807) is 18.4 Å². The van der Waals surface area contributed by atoms with Gasteiger partial charge in [-0.25, -0.2) is 4.98 Å². The number of hydrogen-bond donors (Lipinski definition) is 2. The molecule has 1 aromatic carbocycles. The van der Waals surface area contributed by atoms with Crippen LogP contribution in [0.1, 0.15) is 10.7 Å². The van der Waals surface area contributed by atoms with Crippen LogP contribution in [0.4, 0.5) is 5.69 Å². The number of nitrogens with zero attached hydrogens (tertiary/aromatic N) is 3. The summed E-state index contributed by atoms with van der Waals surface area (Å²) in [7, 11) is 3.89. The molecule has 2 rings (SSSR count). The predicted molar refractivity (Wildman–Crippen MR) is 99.6 cm³/mol. The van der Waals surface area contributed by atoms with Crippen LogP contribution in [0.5, 0.6) is 0 Å². The van der Waals surface area contributed by atoms with Gasteiger partial charge in [0.1, 0.15) is 0 Å². The number of benzene rings is 1. The Morgan fingerprint density at radius 2 is 1.96 bits per heavy atom. The molecule has 2 N–H and O–H groups in total. The van der Waals surface area contributed by atoms with E-state index in [4.69, 9.17) is 0 Å². The summed E-state index contributed by atoms with van der Waals surface area (Å²) < 4.78 is 0. The number of guanidine groups is 1. The van der Waals surface area contributed by atoms with Gasteiger partial charge >= 0.3 is 0 Å². The molecule has 0 amide bonds. The molecule has 23 heavy (non-hydrogen) atoms. The molecule has 2 aromatic rings. The van der Waals surface area contributed by atoms with Crippen molar-refractivity contribution in [1.82, 2.24) is 15.6 Å². The van der Waals surface area contributed by atoms with Gasteiger partial charge in [-0.2, -0.15) is 0 Å². The number of para-hydroxylation sites is 1. The first-order valence-corrected chi connectivity index (χ1v) is 8.68. The zero-order chi connectivity index (χ0) is 16.5. The van der Waals surface area contributed by atoms with Gasteiger partial charge < -0.3 is 15.5 Å². The Morgan fingerprint density at radius 3 is 2.61 bits per heavy atom. The van der Waals surface area contributed by atoms with E-state index in [0.717, 1.165) is 42.7 Å². The van der Waals surface area contributed by atoms with Crippen LogP contribution in [-0.4, -0.2) is 44.7 Å². The van der Waals surface area contributed by atoms with Gasteiger partial charge in [0.05, 0.1) is 10.7 Å². The lowest BCUT2D eigenvalue weighted by Crippen LogP contribution is -2.41. The van der Waals surface area contributed by atoms with Crippen LogP contribution in [0.15, 0.2) is 40.7 Å². The minimum atomic E-state index is 0.831. The Labute approximate surface area is 142 Å². The number of anilines is 1. The van der Waals surface area contributed by atoms with E-state index in [2.05, 4.69) is 62.2 Å². The van der Waals surface area contributed by atoms with Gasteiger partial charge in [0, 0.05) is 51.2 Å². The first-order chi connectivity index (χ1) is 11.2. The van der Waals surface area contributed by atoms with Crippen LogP contribution in [0, 0.1) is 6.92 Å². The number of aryl methyl sites for hydroxylation is 1. The summed E-state index contributed by atoms with van der Waals surface area (Å²) in [6.07, 6.45) is 0.912. The average molecular weight is 331 g/mol. The summed E-state index contributed by atoms with van der Waals surface area (Å²) in [4.78, 5) is 10.9. The fourth-order valence-corrected chi connectivity index (χ4v) is 2.85. The number of rotatable bonds is 7. The van der Waals surface area contributed by atoms with E-state index in [9.17, 15) is 0 Å². The van der Waals surface area contributed by atoms with Crippen LogP contribution in [0.3, 0.4) is 0 Å². The smallest absolute Gasteiger partial charge is 0.191 e. The van der Waals surface area contributed by atoms with Crippen LogP contribution in [0.25, 0.3) is 0 Å². The van der Waals surface area contributed by atoms with E-state index in [0.29, 0.717) is 0 Å². The van der Waals surface area contributed by atoms with Crippen molar-refractivity contribution in [3.63, 3.8) is 0 Å². The molecule has 0 saturated heterocycles. The SMILES string of the molecule is CN=C(NCCc1csc(C)n1)NCCN(C)c1ccccc1. The fourth-order valence-electron chi connectivity index (χ4n) is 2.21. The molecule has 6 heteroatoms. The molecule has 0 bridgehead atoms. The van der Waals surface area contributed by atoms with Gasteiger partial charge in [0.25, 0.3) is 0 Å². The Morgan fingerprint density at radius 1 is 1.22 bits per heavy atom. The number of thiazole rings is 1. The topological polar surface area (TPSA) is 52.6 Å². The molecule has 1 heterocycles. The van der Waals surface area contributed by atoms with E-state index >= 15 is 0 Å². The lowest BCUT2D eigenvalue weighted by atomic mass is 10.3. The molecule has 0 atom stereocenters. The normalized spacial score (nSPS) is 11.3. The third-order valence-corrected chi connectivity index (χ3v) is 4.32. The van der Waals surface area contributed by atoms with Gasteiger partial charge in [-0.1, -0.05) is 18.2 Å². The van der Waals surface area contributed by atoms with Crippen molar-refractivity contribution in [2.24, 2.45) is 4.99 Å². The van der Waals surface area contributed by atoms with Crippen molar-refractivity contribution in [3.8, 4) is 0 Å². The van der Waals surface area contributed by atoms with E-state index < -0.39 is 0 Å². The molecule has 0 aliphatic heterocycles. The second-order valence-electron chi connectivity index (χ2n) is 5.29. The summed E-state index contributed by atoms with van der Waals surface area (Å²) in [6.45, 7) is 4.61. The minimum Gasteiger partial charge on any atom is -0.373 e. The summed E-state index contributed by atoms with van der Waals surface area (Å²) in [5, 5.41) is 9.90. The minimum absolute atomic E-state index is 0.831. The highest BCUT2D eigenvalue weighted by Gasteiger charge is 2.02. The maximum absolute atomic E-state index is 4.46. The van der Waals surface area contributed by atoms with Crippen molar-refractivity contribution in [2.75, 3.05) is 38.6 Å². The van der Waals surface area contributed by atoms with Crippen molar-refractivity contribution in [2.45, 2.75) is 13.3 Å². The van der Waals surface area contributed by atoms with E-state index in [1.165, 1.54) is 5.69 Å². The molecule has 0 radical (unpaired) electrons. The van der Waals surface area contributed by atoms with Crippen molar-refractivity contribution in [3.05, 3.63) is 46.4 Å². The molecule has 0 aliphatic carbocycles. The largest absolute Gasteiger partial charge is 0.373 e. The summed E-state index contributed by atoms with van der Waals surface area (Å²) >= 11 is 1.69. The number of aliphatic imine (C=N–C) groups is 1. The molecule has 0 unspecified atom stereocenters. The first-order valence-electron chi connectivity index (χ1n) is 7.80.